The molecule has 0 aromatic heterocycles. The van der Waals surface area contributed by atoms with Crippen LogP contribution in [0.2, 0.25) is 0 Å². The van der Waals surface area contributed by atoms with Gasteiger partial charge in [0.25, 0.3) is 11.7 Å². The van der Waals surface area contributed by atoms with Crippen LogP contribution in [0.4, 0.5) is 5.69 Å². The van der Waals surface area contributed by atoms with Gasteiger partial charge in [-0.25, -0.2) is 0 Å². The summed E-state index contributed by atoms with van der Waals surface area (Å²) in [4.78, 5) is 39.0. The number of ether oxygens (including phenoxy) is 3. The first-order valence-corrected chi connectivity index (χ1v) is 16.0. The third-order valence-corrected chi connectivity index (χ3v) is 9.59. The molecule has 3 heterocycles. The van der Waals surface area contributed by atoms with Gasteiger partial charge in [0.2, 0.25) is 0 Å². The van der Waals surface area contributed by atoms with Crippen LogP contribution in [0, 0.1) is 30.6 Å². The number of esters is 1. The number of carbonyl (C=O) groups excluding carboxylic acids is 3. The number of phenols is 3. The molecule has 0 aliphatic carbocycles. The molecule has 0 spiro atoms. The number of aromatic hydroxyl groups is 3. The Balaban J connectivity index is 1.85. The van der Waals surface area contributed by atoms with E-state index in [1.165, 1.54) is 39.8 Å². The Morgan fingerprint density at radius 3 is 2.20 bits per heavy atom. The average Bonchev–Trinajstić information content (AvgIpc) is 3.31. The maximum absolute atomic E-state index is 13.8. The molecule has 13 heteroatoms. The number of hydrogen-bond donors (Lipinski definition) is 7. The van der Waals surface area contributed by atoms with Crippen molar-refractivity contribution in [2.24, 2.45) is 23.7 Å². The molecular formula is C36H45NO12. The normalized spacial score (nSPS) is 31.3. The highest BCUT2D eigenvalue weighted by molar-refractivity contribution is 6.21. The molecule has 0 radical (unpaired) electrons. The Bertz CT molecular complexity index is 1750. The number of aliphatic hydroxyl groups excluding tert-OH is 3. The van der Waals surface area contributed by atoms with E-state index in [4.69, 9.17) is 14.2 Å². The van der Waals surface area contributed by atoms with Gasteiger partial charge in [-0.15, -0.1) is 0 Å². The van der Waals surface area contributed by atoms with Gasteiger partial charge in [-0.2, -0.15) is 0 Å². The Kier molecular flexibility index (Phi) is 10.7. The quantitative estimate of drug-likeness (QED) is 0.129. The largest absolute Gasteiger partial charge is 0.507 e. The summed E-state index contributed by atoms with van der Waals surface area (Å²) in [5.41, 5.74) is -0.184. The van der Waals surface area contributed by atoms with E-state index in [0.29, 0.717) is 0 Å². The van der Waals surface area contributed by atoms with E-state index in [2.05, 4.69) is 5.32 Å². The number of carbonyl (C=O) groups is 3. The predicted octanol–water partition coefficient (Wildman–Crippen LogP) is 4.10. The predicted molar refractivity (Wildman–Crippen MR) is 179 cm³/mol. The summed E-state index contributed by atoms with van der Waals surface area (Å²) >= 11 is 0. The number of hydrogen-bond acceptors (Lipinski definition) is 12. The van der Waals surface area contributed by atoms with Gasteiger partial charge in [-0.05, 0) is 19.9 Å². The summed E-state index contributed by atoms with van der Waals surface area (Å²) in [6, 6.07) is 1.04. The Hall–Kier alpha value is -4.59. The second-order valence-electron chi connectivity index (χ2n) is 13.2. The minimum Gasteiger partial charge on any atom is -0.507 e. The van der Waals surface area contributed by atoms with Crippen LogP contribution in [-0.4, -0.2) is 78.5 Å². The first-order chi connectivity index (χ1) is 22.8. The molecule has 5 rings (SSSR count). The summed E-state index contributed by atoms with van der Waals surface area (Å²) in [5.74, 6) is -8.64. The first-order valence-electron chi connectivity index (χ1n) is 16.0. The summed E-state index contributed by atoms with van der Waals surface area (Å²) in [6.45, 7) is 12.0. The second kappa shape index (κ2) is 14.1. The fraction of sp³-hybridized carbons (Fsp3) is 0.472. The molecule has 0 fully saturated rings. The summed E-state index contributed by atoms with van der Waals surface area (Å²) in [6.07, 6.45) is 2.36. The van der Waals surface area contributed by atoms with Crippen molar-refractivity contribution in [3.05, 3.63) is 53.3 Å². The zero-order valence-corrected chi connectivity index (χ0v) is 28.7. The van der Waals surface area contributed by atoms with Crippen molar-refractivity contribution in [3.63, 3.8) is 0 Å². The van der Waals surface area contributed by atoms with Gasteiger partial charge in [0, 0.05) is 60.1 Å². The number of amides is 1. The highest BCUT2D eigenvalue weighted by atomic mass is 16.7. The first kappa shape index (κ1) is 37.2. The standard InChI is InChI=1S/C36H45NO12/c1-15-10-9-11-16(2)35(46)37-22-14-24(40)25-26(31(22)44)30(43)20(6)33-27(25)34(45)36(8,49-33)47-13-12-23(39)17(3)32(48-21(7)38)19(5)29(42)18(4)28(15)41/h9-15,17-19,23,28-29,32,39-44H,1-8H3,(H,37,46). The molecule has 2 aromatic rings. The Morgan fingerprint density at radius 2 is 1.57 bits per heavy atom. The number of aliphatic hydroxyl groups is 3. The number of nitrogens with one attached hydrogen (secondary N) is 1. The van der Waals surface area contributed by atoms with Gasteiger partial charge in [-0.3, -0.25) is 14.4 Å². The molecule has 0 saturated carbocycles. The lowest BCUT2D eigenvalue weighted by Crippen LogP contribution is -2.46. The minimum atomic E-state index is -2.04. The molecule has 3 aliphatic heterocycles. The highest BCUT2D eigenvalue weighted by Crippen LogP contribution is 2.53. The molecular weight excluding hydrogens is 638 g/mol. The zero-order chi connectivity index (χ0) is 36.7. The van der Waals surface area contributed by atoms with Crippen LogP contribution in [0.1, 0.15) is 64.4 Å². The molecule has 49 heavy (non-hydrogen) atoms. The SMILES string of the molecule is CC(=O)OC1C(C)C(O)C=COC2(C)Oc3c(C)c(O)c4c(O)c(cc(O)c4c3C2=O)NC(=O)C(C)=CC=CC(C)C(O)C(C)C(O)C1C. The molecule has 266 valence electrons. The van der Waals surface area contributed by atoms with E-state index < -0.39 is 88.8 Å². The van der Waals surface area contributed by atoms with Crippen LogP contribution in [0.5, 0.6) is 23.0 Å². The van der Waals surface area contributed by atoms with Crippen molar-refractivity contribution in [3.8, 4) is 23.0 Å². The van der Waals surface area contributed by atoms with Crippen molar-refractivity contribution >= 4 is 34.1 Å². The third-order valence-electron chi connectivity index (χ3n) is 9.59. The molecule has 9 atom stereocenters. The highest BCUT2D eigenvalue weighted by Gasteiger charge is 2.49. The van der Waals surface area contributed by atoms with Gasteiger partial charge in [0.15, 0.2) is 5.75 Å². The topological polar surface area (TPSA) is 212 Å². The number of allylic oxidation sites excluding steroid dienone is 2. The third kappa shape index (κ3) is 6.96. The van der Waals surface area contributed by atoms with Gasteiger partial charge in [0.05, 0.1) is 41.2 Å². The summed E-state index contributed by atoms with van der Waals surface area (Å²) < 4.78 is 17.1. The molecule has 13 nitrogen and oxygen atoms in total. The second-order valence-corrected chi connectivity index (χ2v) is 13.2. The number of phenolic OH excluding ortho intramolecular Hbond substituents is 3. The summed E-state index contributed by atoms with van der Waals surface area (Å²) in [5, 5.41) is 68.9. The monoisotopic (exact) mass is 683 g/mol. The average molecular weight is 684 g/mol. The maximum atomic E-state index is 13.8. The van der Waals surface area contributed by atoms with Crippen molar-refractivity contribution in [1.82, 2.24) is 0 Å². The van der Waals surface area contributed by atoms with Crippen LogP contribution in [0.3, 0.4) is 0 Å². The number of rotatable bonds is 1. The molecule has 0 saturated heterocycles. The van der Waals surface area contributed by atoms with Gasteiger partial charge < -0.3 is 50.2 Å². The van der Waals surface area contributed by atoms with Crippen LogP contribution >= 0.6 is 0 Å². The molecule has 2 aromatic carbocycles. The lowest BCUT2D eigenvalue weighted by atomic mass is 9.78. The number of fused-ring (bicyclic) bond motifs is 14. The van der Waals surface area contributed by atoms with E-state index in [-0.39, 0.29) is 38.9 Å². The van der Waals surface area contributed by atoms with E-state index in [1.54, 1.807) is 39.8 Å². The van der Waals surface area contributed by atoms with E-state index >= 15 is 0 Å². The van der Waals surface area contributed by atoms with Crippen LogP contribution < -0.4 is 10.1 Å². The van der Waals surface area contributed by atoms with E-state index in [1.807, 2.05) is 0 Å². The molecule has 7 N–H and O–H groups in total. The smallest absolute Gasteiger partial charge is 0.312 e. The summed E-state index contributed by atoms with van der Waals surface area (Å²) in [7, 11) is 0. The fourth-order valence-electron chi connectivity index (χ4n) is 6.37. The molecule has 5 bridgehead atoms. The minimum absolute atomic E-state index is 0.0491. The molecule has 9 unspecified atom stereocenters. The van der Waals surface area contributed by atoms with E-state index in [9.17, 15) is 45.0 Å². The number of Topliss-reactive ketones (excluding diaryl/α,β-unsaturated/α-hetero) is 1. The van der Waals surface area contributed by atoms with Crippen LogP contribution in [0.15, 0.2) is 42.2 Å². The number of anilines is 1. The lowest BCUT2D eigenvalue weighted by molar-refractivity contribution is -0.159. The van der Waals surface area contributed by atoms with E-state index in [0.717, 1.165) is 12.3 Å². The van der Waals surface area contributed by atoms with Crippen molar-refractivity contribution in [1.29, 1.82) is 0 Å². The van der Waals surface area contributed by atoms with Crippen molar-refractivity contribution in [2.75, 3.05) is 5.32 Å². The number of benzene rings is 2. The molecule has 1 amide bonds. The Morgan fingerprint density at radius 1 is 0.918 bits per heavy atom. The lowest BCUT2D eigenvalue weighted by Gasteiger charge is -2.37. The van der Waals surface area contributed by atoms with Gasteiger partial charge in [-0.1, -0.05) is 45.9 Å². The zero-order valence-electron chi connectivity index (χ0n) is 28.7. The fourth-order valence-corrected chi connectivity index (χ4v) is 6.37. The number of ketones is 1. The van der Waals surface area contributed by atoms with Crippen molar-refractivity contribution in [2.45, 2.75) is 85.6 Å². The van der Waals surface area contributed by atoms with Crippen molar-refractivity contribution < 1.29 is 59.2 Å². The maximum Gasteiger partial charge on any atom is 0.312 e. The van der Waals surface area contributed by atoms with Gasteiger partial charge >= 0.3 is 11.8 Å². The molecule has 3 aliphatic rings. The van der Waals surface area contributed by atoms with Crippen LogP contribution in [0.25, 0.3) is 10.8 Å². The van der Waals surface area contributed by atoms with Gasteiger partial charge in [0.1, 0.15) is 23.4 Å². The van der Waals surface area contributed by atoms with Crippen LogP contribution in [-0.2, 0) is 19.1 Å². The Labute approximate surface area is 284 Å².